The van der Waals surface area contributed by atoms with Gasteiger partial charge in [0.15, 0.2) is 0 Å². The van der Waals surface area contributed by atoms with Gasteiger partial charge >= 0.3 is 8.25 Å². The highest BCUT2D eigenvalue weighted by molar-refractivity contribution is 7.32. The van der Waals surface area contributed by atoms with Crippen LogP contribution in [-0.4, -0.2) is 30.0 Å². The zero-order valence-electron chi connectivity index (χ0n) is 7.88. The lowest BCUT2D eigenvalue weighted by Gasteiger charge is -2.16. The fourth-order valence-corrected chi connectivity index (χ4v) is 0.742. The third kappa shape index (κ3) is 7.65. The highest BCUT2D eigenvalue weighted by Gasteiger charge is 2.02. The molecule has 1 rings (SSSR count). The SMILES string of the molecule is CCN1C=CC=CC1.CO[P+](=O)O. The molecular weight excluding hydrogens is 189 g/mol. The number of allylic oxidation sites excluding steroid dienone is 2. The van der Waals surface area contributed by atoms with Gasteiger partial charge in [0.1, 0.15) is 0 Å². The molecule has 0 spiro atoms. The van der Waals surface area contributed by atoms with Gasteiger partial charge in [0, 0.05) is 17.7 Å². The first-order valence-corrected chi connectivity index (χ1v) is 5.11. The number of nitrogens with zero attached hydrogens (tertiary/aromatic N) is 1. The van der Waals surface area contributed by atoms with Crippen molar-refractivity contribution in [3.8, 4) is 0 Å². The summed E-state index contributed by atoms with van der Waals surface area (Å²) in [6.45, 7) is 4.34. The molecule has 1 aliphatic heterocycles. The van der Waals surface area contributed by atoms with Gasteiger partial charge in [0.25, 0.3) is 0 Å². The van der Waals surface area contributed by atoms with E-state index in [1.807, 2.05) is 0 Å². The van der Waals surface area contributed by atoms with Gasteiger partial charge < -0.3 is 4.90 Å². The van der Waals surface area contributed by atoms with Gasteiger partial charge in [0.2, 0.25) is 0 Å². The Morgan fingerprint density at radius 3 is 2.46 bits per heavy atom. The molecule has 1 heterocycles. The molecular formula is C8H15NO3P+. The standard InChI is InChI=1S/C7H11N.CH3O3P/c1-2-8-6-4-3-5-7-8;1-4-5(2)3/h3-6H,2,7H2,1H3;1H3/p+1. The third-order valence-electron chi connectivity index (χ3n) is 1.45. The molecule has 0 saturated heterocycles. The molecule has 1 aliphatic rings. The van der Waals surface area contributed by atoms with Crippen LogP contribution in [0.3, 0.4) is 0 Å². The largest absolute Gasteiger partial charge is 0.694 e. The lowest BCUT2D eigenvalue weighted by Crippen LogP contribution is -2.17. The highest BCUT2D eigenvalue weighted by Crippen LogP contribution is 2.09. The van der Waals surface area contributed by atoms with E-state index in [0.29, 0.717) is 0 Å². The summed E-state index contributed by atoms with van der Waals surface area (Å²) in [6.07, 6.45) is 8.41. The van der Waals surface area contributed by atoms with E-state index in [-0.39, 0.29) is 0 Å². The Labute approximate surface area is 79.5 Å². The van der Waals surface area contributed by atoms with E-state index >= 15 is 0 Å². The molecule has 0 aromatic rings. The Kier molecular flexibility index (Phi) is 7.50. The number of rotatable bonds is 2. The number of hydrogen-bond acceptors (Lipinski definition) is 3. The minimum atomic E-state index is -2.35. The Bertz CT molecular complexity index is 204. The molecule has 0 aliphatic carbocycles. The Morgan fingerprint density at radius 1 is 1.62 bits per heavy atom. The minimum absolute atomic E-state index is 1.08. The molecule has 0 aromatic carbocycles. The fraction of sp³-hybridized carbons (Fsp3) is 0.500. The summed E-state index contributed by atoms with van der Waals surface area (Å²) in [7, 11) is -1.18. The van der Waals surface area contributed by atoms with Crippen molar-refractivity contribution in [3.05, 3.63) is 24.4 Å². The van der Waals surface area contributed by atoms with Crippen LogP contribution in [0.25, 0.3) is 0 Å². The molecule has 1 N–H and O–H groups in total. The van der Waals surface area contributed by atoms with E-state index < -0.39 is 8.25 Å². The van der Waals surface area contributed by atoms with Gasteiger partial charge in [-0.15, -0.1) is 9.42 Å². The molecule has 1 unspecified atom stereocenters. The van der Waals surface area contributed by atoms with Crippen molar-refractivity contribution in [1.29, 1.82) is 0 Å². The minimum Gasteiger partial charge on any atom is -0.374 e. The van der Waals surface area contributed by atoms with Crippen LogP contribution in [-0.2, 0) is 9.09 Å². The number of likely N-dealkylation sites (N-methyl/N-ethyl adjacent to an activating group) is 1. The second kappa shape index (κ2) is 7.92. The molecule has 5 heteroatoms. The Morgan fingerprint density at radius 2 is 2.23 bits per heavy atom. The predicted molar refractivity (Wildman–Crippen MR) is 52.4 cm³/mol. The van der Waals surface area contributed by atoms with E-state index in [2.05, 4.69) is 40.8 Å². The van der Waals surface area contributed by atoms with Crippen molar-refractivity contribution in [1.82, 2.24) is 4.90 Å². The molecule has 0 bridgehead atoms. The summed E-state index contributed by atoms with van der Waals surface area (Å²) in [5.41, 5.74) is 0. The van der Waals surface area contributed by atoms with E-state index in [1.54, 1.807) is 0 Å². The van der Waals surface area contributed by atoms with Crippen molar-refractivity contribution in [2.45, 2.75) is 6.92 Å². The van der Waals surface area contributed by atoms with Crippen LogP contribution in [0.4, 0.5) is 0 Å². The second-order valence-corrected chi connectivity index (χ2v) is 3.12. The molecule has 13 heavy (non-hydrogen) atoms. The molecule has 0 fully saturated rings. The van der Waals surface area contributed by atoms with Crippen LogP contribution in [0, 0.1) is 0 Å². The smallest absolute Gasteiger partial charge is 0.374 e. The summed E-state index contributed by atoms with van der Waals surface area (Å²) < 4.78 is 13.1. The molecule has 0 amide bonds. The van der Waals surface area contributed by atoms with E-state index in [0.717, 1.165) is 13.1 Å². The summed E-state index contributed by atoms with van der Waals surface area (Å²) in [5, 5.41) is 0. The predicted octanol–water partition coefficient (Wildman–Crippen LogP) is 1.67. The summed E-state index contributed by atoms with van der Waals surface area (Å²) in [6, 6.07) is 0. The maximum atomic E-state index is 9.29. The zero-order valence-corrected chi connectivity index (χ0v) is 8.78. The number of hydrogen-bond donors (Lipinski definition) is 1. The first-order chi connectivity index (χ1) is 6.20. The first kappa shape index (κ1) is 12.3. The van der Waals surface area contributed by atoms with Crippen molar-refractivity contribution in [3.63, 3.8) is 0 Å². The van der Waals surface area contributed by atoms with E-state index in [9.17, 15) is 4.57 Å². The maximum absolute atomic E-state index is 9.29. The van der Waals surface area contributed by atoms with E-state index in [4.69, 9.17) is 4.89 Å². The van der Waals surface area contributed by atoms with E-state index in [1.165, 1.54) is 7.11 Å². The van der Waals surface area contributed by atoms with Crippen LogP contribution in [0.1, 0.15) is 6.92 Å². The second-order valence-electron chi connectivity index (χ2n) is 2.28. The van der Waals surface area contributed by atoms with Gasteiger partial charge in [-0.3, -0.25) is 0 Å². The molecule has 1 atom stereocenters. The Hall–Kier alpha value is -0.700. The van der Waals surface area contributed by atoms with Crippen molar-refractivity contribution >= 4 is 8.25 Å². The normalized spacial score (nSPS) is 15.0. The lowest BCUT2D eigenvalue weighted by atomic mass is 10.3. The molecule has 74 valence electrons. The highest BCUT2D eigenvalue weighted by atomic mass is 31.1. The third-order valence-corrected chi connectivity index (χ3v) is 1.76. The monoisotopic (exact) mass is 204 g/mol. The lowest BCUT2D eigenvalue weighted by molar-refractivity contribution is 0.343. The molecule has 4 nitrogen and oxygen atoms in total. The van der Waals surface area contributed by atoms with Gasteiger partial charge in [-0.2, -0.15) is 0 Å². The van der Waals surface area contributed by atoms with Crippen molar-refractivity contribution in [2.75, 3.05) is 20.2 Å². The van der Waals surface area contributed by atoms with Crippen LogP contribution in [0.2, 0.25) is 0 Å². The molecule has 0 radical (unpaired) electrons. The first-order valence-electron chi connectivity index (χ1n) is 3.98. The Balaban J connectivity index is 0.000000252. The van der Waals surface area contributed by atoms with Crippen LogP contribution < -0.4 is 0 Å². The maximum Gasteiger partial charge on any atom is 0.694 e. The van der Waals surface area contributed by atoms with Crippen molar-refractivity contribution in [2.24, 2.45) is 0 Å². The van der Waals surface area contributed by atoms with Crippen molar-refractivity contribution < 1.29 is 14.0 Å². The molecule has 0 saturated carbocycles. The molecule has 0 aromatic heterocycles. The van der Waals surface area contributed by atoms with Gasteiger partial charge in [-0.1, -0.05) is 12.2 Å². The topological polar surface area (TPSA) is 49.8 Å². The zero-order chi connectivity index (χ0) is 10.1. The van der Waals surface area contributed by atoms with Crippen LogP contribution >= 0.6 is 8.25 Å². The van der Waals surface area contributed by atoms with Crippen LogP contribution in [0.5, 0.6) is 0 Å². The van der Waals surface area contributed by atoms with Crippen LogP contribution in [0.15, 0.2) is 24.4 Å². The van der Waals surface area contributed by atoms with Gasteiger partial charge in [-0.05, 0) is 19.2 Å². The van der Waals surface area contributed by atoms with Gasteiger partial charge in [0.05, 0.1) is 7.11 Å². The average Bonchev–Trinajstić information content (AvgIpc) is 2.20. The summed E-state index contributed by atoms with van der Waals surface area (Å²) >= 11 is 0. The summed E-state index contributed by atoms with van der Waals surface area (Å²) in [4.78, 5) is 9.90. The van der Waals surface area contributed by atoms with Gasteiger partial charge in [-0.25, -0.2) is 0 Å². The quantitative estimate of drug-likeness (QED) is 0.695. The summed E-state index contributed by atoms with van der Waals surface area (Å²) in [5.74, 6) is 0. The fourth-order valence-electron chi connectivity index (χ4n) is 0.742. The average molecular weight is 204 g/mol.